The van der Waals surface area contributed by atoms with E-state index >= 15 is 0 Å². The maximum absolute atomic E-state index is 11.6. The number of hydrogen-bond donors (Lipinski definition) is 3. The summed E-state index contributed by atoms with van der Waals surface area (Å²) in [6.45, 7) is 0. The summed E-state index contributed by atoms with van der Waals surface area (Å²) in [6, 6.07) is 5.75. The van der Waals surface area contributed by atoms with Gasteiger partial charge in [-0.1, -0.05) is 12.5 Å². The van der Waals surface area contributed by atoms with E-state index in [1.165, 1.54) is 19.3 Å². The molecular weight excluding hydrogens is 266 g/mol. The molecule has 2 fully saturated rings. The van der Waals surface area contributed by atoms with Crippen molar-refractivity contribution in [3.63, 3.8) is 0 Å². The van der Waals surface area contributed by atoms with Crippen molar-refractivity contribution in [2.24, 2.45) is 23.5 Å². The smallest absolute Gasteiger partial charge is 0.233 e. The lowest BCUT2D eigenvalue weighted by molar-refractivity contribution is -0.123. The molecule has 4 rings (SSSR count). The average Bonchev–Trinajstić information content (AvgIpc) is 2.97. The van der Waals surface area contributed by atoms with Crippen molar-refractivity contribution >= 4 is 23.2 Å². The summed E-state index contributed by atoms with van der Waals surface area (Å²) in [6.07, 6.45) is 3.81. The molecule has 4 N–H and O–H groups in total. The molecule has 110 valence electrons. The summed E-state index contributed by atoms with van der Waals surface area (Å²) in [5, 5.41) is 5.52. The van der Waals surface area contributed by atoms with Crippen molar-refractivity contribution in [3.8, 4) is 0 Å². The van der Waals surface area contributed by atoms with Crippen molar-refractivity contribution in [1.29, 1.82) is 0 Å². The fourth-order valence-electron chi connectivity index (χ4n) is 4.15. The Hall–Kier alpha value is -1.88. The van der Waals surface area contributed by atoms with Gasteiger partial charge in [-0.15, -0.1) is 0 Å². The van der Waals surface area contributed by atoms with Crippen molar-refractivity contribution in [3.05, 3.63) is 23.8 Å². The predicted molar refractivity (Wildman–Crippen MR) is 79.6 cm³/mol. The Morgan fingerprint density at radius 3 is 2.43 bits per heavy atom. The van der Waals surface area contributed by atoms with Crippen LogP contribution in [0.5, 0.6) is 0 Å². The third-order valence-electron chi connectivity index (χ3n) is 5.19. The standard InChI is InChI=1S/C16H19N3O2/c17-16(15-9-2-1-3-10(9)15)8-4-5-11-12(6-8)19-14(21)7-13(20)18-11/h4-6,9-10,15-16H,1-3,7,17H2,(H,18,20)(H,19,21). The SMILES string of the molecule is NC(c1ccc2c(c1)NC(=O)CC(=O)N2)C1C2CCCC21. The van der Waals surface area contributed by atoms with Crippen LogP contribution in [0, 0.1) is 17.8 Å². The Morgan fingerprint density at radius 1 is 1.05 bits per heavy atom. The van der Waals surface area contributed by atoms with Crippen LogP contribution in [0.25, 0.3) is 0 Å². The van der Waals surface area contributed by atoms with Gasteiger partial charge in [-0.2, -0.15) is 0 Å². The first-order valence-electron chi connectivity index (χ1n) is 7.63. The van der Waals surface area contributed by atoms with Gasteiger partial charge in [0.1, 0.15) is 6.42 Å². The summed E-state index contributed by atoms with van der Waals surface area (Å²) in [7, 11) is 0. The predicted octanol–water partition coefficient (Wildman–Crippen LogP) is 2.01. The van der Waals surface area contributed by atoms with E-state index in [2.05, 4.69) is 10.6 Å². The van der Waals surface area contributed by atoms with Crippen LogP contribution in [0.15, 0.2) is 18.2 Å². The van der Waals surface area contributed by atoms with E-state index in [1.54, 1.807) is 0 Å². The van der Waals surface area contributed by atoms with Gasteiger partial charge in [-0.05, 0) is 48.3 Å². The molecule has 0 radical (unpaired) electrons. The van der Waals surface area contributed by atoms with E-state index < -0.39 is 0 Å². The van der Waals surface area contributed by atoms with Crippen LogP contribution in [-0.4, -0.2) is 11.8 Å². The highest BCUT2D eigenvalue weighted by molar-refractivity contribution is 6.13. The van der Waals surface area contributed by atoms with Gasteiger partial charge in [-0.25, -0.2) is 0 Å². The van der Waals surface area contributed by atoms with Gasteiger partial charge in [0.2, 0.25) is 11.8 Å². The molecule has 1 heterocycles. The van der Waals surface area contributed by atoms with Crippen LogP contribution >= 0.6 is 0 Å². The molecule has 2 aliphatic carbocycles. The van der Waals surface area contributed by atoms with Crippen LogP contribution in [-0.2, 0) is 9.59 Å². The van der Waals surface area contributed by atoms with Gasteiger partial charge < -0.3 is 16.4 Å². The third kappa shape index (κ3) is 2.12. The summed E-state index contributed by atoms with van der Waals surface area (Å²) in [4.78, 5) is 23.2. The Kier molecular flexibility index (Phi) is 2.79. The first-order chi connectivity index (χ1) is 10.1. The largest absolute Gasteiger partial charge is 0.324 e. The second-order valence-electron chi connectivity index (χ2n) is 6.44. The lowest BCUT2D eigenvalue weighted by Gasteiger charge is -2.16. The molecule has 0 bridgehead atoms. The van der Waals surface area contributed by atoms with E-state index in [0.29, 0.717) is 17.3 Å². The molecule has 3 unspecified atom stereocenters. The van der Waals surface area contributed by atoms with Gasteiger partial charge in [0.15, 0.2) is 0 Å². The Morgan fingerprint density at radius 2 is 1.71 bits per heavy atom. The molecular formula is C16H19N3O2. The lowest BCUT2D eigenvalue weighted by atomic mass is 9.97. The summed E-state index contributed by atoms with van der Waals surface area (Å²) in [5.41, 5.74) is 8.78. The molecule has 3 aliphatic rings. The number of benzene rings is 1. The first-order valence-corrected chi connectivity index (χ1v) is 7.63. The molecule has 0 saturated heterocycles. The first kappa shape index (κ1) is 12.8. The summed E-state index contributed by atoms with van der Waals surface area (Å²) in [5.74, 6) is 1.63. The molecule has 0 spiro atoms. The van der Waals surface area contributed by atoms with Gasteiger partial charge in [0, 0.05) is 6.04 Å². The van der Waals surface area contributed by atoms with E-state index in [-0.39, 0.29) is 24.3 Å². The zero-order chi connectivity index (χ0) is 14.6. The molecule has 5 nitrogen and oxygen atoms in total. The molecule has 1 aromatic rings. The molecule has 3 atom stereocenters. The molecule has 1 aliphatic heterocycles. The van der Waals surface area contributed by atoms with Crippen LogP contribution in [0.3, 0.4) is 0 Å². The van der Waals surface area contributed by atoms with Crippen LogP contribution in [0.2, 0.25) is 0 Å². The minimum Gasteiger partial charge on any atom is -0.324 e. The number of fused-ring (bicyclic) bond motifs is 2. The Balaban J connectivity index is 1.60. The molecule has 2 saturated carbocycles. The number of rotatable bonds is 2. The topological polar surface area (TPSA) is 84.2 Å². The van der Waals surface area contributed by atoms with Crippen molar-refractivity contribution in [2.45, 2.75) is 31.7 Å². The minimum absolute atomic E-state index is 0.0291. The second kappa shape index (κ2) is 4.56. The zero-order valence-electron chi connectivity index (χ0n) is 11.8. The van der Waals surface area contributed by atoms with Crippen LogP contribution < -0.4 is 16.4 Å². The third-order valence-corrected chi connectivity index (χ3v) is 5.19. The fraction of sp³-hybridized carbons (Fsp3) is 0.500. The molecule has 21 heavy (non-hydrogen) atoms. The summed E-state index contributed by atoms with van der Waals surface area (Å²) >= 11 is 0. The van der Waals surface area contributed by atoms with E-state index in [9.17, 15) is 9.59 Å². The van der Waals surface area contributed by atoms with Crippen molar-refractivity contribution in [2.75, 3.05) is 10.6 Å². The number of anilines is 2. The highest BCUT2D eigenvalue weighted by Crippen LogP contribution is 2.61. The monoisotopic (exact) mass is 285 g/mol. The minimum atomic E-state index is -0.278. The van der Waals surface area contributed by atoms with Crippen LogP contribution in [0.4, 0.5) is 11.4 Å². The number of amides is 2. The molecule has 2 amide bonds. The van der Waals surface area contributed by atoms with Crippen molar-refractivity contribution in [1.82, 2.24) is 0 Å². The number of carbonyl (C=O) groups excluding carboxylic acids is 2. The highest BCUT2D eigenvalue weighted by Gasteiger charge is 2.55. The van der Waals surface area contributed by atoms with Gasteiger partial charge in [0.25, 0.3) is 0 Å². The van der Waals surface area contributed by atoms with E-state index in [0.717, 1.165) is 17.4 Å². The second-order valence-corrected chi connectivity index (χ2v) is 6.44. The summed E-state index contributed by atoms with van der Waals surface area (Å²) < 4.78 is 0. The maximum Gasteiger partial charge on any atom is 0.233 e. The van der Waals surface area contributed by atoms with Gasteiger partial charge >= 0.3 is 0 Å². The van der Waals surface area contributed by atoms with Gasteiger partial charge in [0.05, 0.1) is 11.4 Å². The number of carbonyl (C=O) groups is 2. The molecule has 0 aromatic heterocycles. The molecule has 1 aromatic carbocycles. The number of nitrogens with two attached hydrogens (primary N) is 1. The van der Waals surface area contributed by atoms with E-state index in [4.69, 9.17) is 5.73 Å². The Bertz CT molecular complexity index is 618. The molecule has 5 heteroatoms. The number of nitrogens with one attached hydrogen (secondary N) is 2. The number of hydrogen-bond acceptors (Lipinski definition) is 3. The normalized spacial score (nSPS) is 31.6. The quantitative estimate of drug-likeness (QED) is 0.727. The lowest BCUT2D eigenvalue weighted by Crippen LogP contribution is -2.16. The van der Waals surface area contributed by atoms with Gasteiger partial charge in [-0.3, -0.25) is 9.59 Å². The van der Waals surface area contributed by atoms with Crippen molar-refractivity contribution < 1.29 is 9.59 Å². The highest BCUT2D eigenvalue weighted by atomic mass is 16.2. The fourth-order valence-corrected chi connectivity index (χ4v) is 4.15. The van der Waals surface area contributed by atoms with Crippen LogP contribution in [0.1, 0.15) is 37.3 Å². The van der Waals surface area contributed by atoms with E-state index in [1.807, 2.05) is 18.2 Å². The average molecular weight is 285 g/mol. The zero-order valence-corrected chi connectivity index (χ0v) is 11.8. The maximum atomic E-state index is 11.6. The Labute approximate surface area is 123 Å².